The highest BCUT2D eigenvalue weighted by molar-refractivity contribution is 6.30. The van der Waals surface area contributed by atoms with Gasteiger partial charge in [0.25, 0.3) is 0 Å². The van der Waals surface area contributed by atoms with Crippen LogP contribution < -0.4 is 0 Å². The minimum atomic E-state index is 0.0117. The van der Waals surface area contributed by atoms with E-state index in [1.165, 1.54) is 22.3 Å². The van der Waals surface area contributed by atoms with E-state index in [2.05, 4.69) is 32.0 Å². The van der Waals surface area contributed by atoms with Crippen molar-refractivity contribution in [3.05, 3.63) is 69.7 Å². The maximum Gasteiger partial charge on any atom is 0.0628 e. The van der Waals surface area contributed by atoms with Crippen LogP contribution in [0.1, 0.15) is 41.5 Å². The Bertz CT molecular complexity index is 558. The first-order valence-corrected chi connectivity index (χ1v) is 7.95. The molecule has 2 rings (SSSR count). The molecular weight excluding hydrogens is 287 g/mol. The highest BCUT2D eigenvalue weighted by atomic mass is 35.5. The van der Waals surface area contributed by atoms with E-state index >= 15 is 0 Å². The van der Waals surface area contributed by atoms with Crippen molar-refractivity contribution in [3.8, 4) is 0 Å². The van der Waals surface area contributed by atoms with E-state index in [1.54, 1.807) is 0 Å². The molecule has 1 unspecified atom stereocenters. The van der Waals surface area contributed by atoms with Crippen molar-refractivity contribution in [2.24, 2.45) is 0 Å². The second kappa shape index (κ2) is 7.15. The molecule has 2 aromatic carbocycles. The summed E-state index contributed by atoms with van der Waals surface area (Å²) in [5.41, 5.74) is 5.18. The van der Waals surface area contributed by atoms with Gasteiger partial charge in [-0.3, -0.25) is 0 Å². The Labute approximate surface area is 131 Å². The molecule has 2 heteroatoms. The van der Waals surface area contributed by atoms with E-state index in [4.69, 9.17) is 23.2 Å². The Hall–Kier alpha value is -0.980. The number of benzene rings is 2. The second-order valence-corrected chi connectivity index (χ2v) is 6.00. The maximum absolute atomic E-state index is 6.66. The normalized spacial score (nSPS) is 12.4. The molecule has 0 spiro atoms. The highest BCUT2D eigenvalue weighted by Gasteiger charge is 2.13. The van der Waals surface area contributed by atoms with E-state index < -0.39 is 0 Å². The predicted molar refractivity (Wildman–Crippen MR) is 88.9 cm³/mol. The monoisotopic (exact) mass is 306 g/mol. The average Bonchev–Trinajstić information content (AvgIpc) is 2.48. The molecule has 0 aliphatic heterocycles. The Morgan fingerprint density at radius 2 is 1.55 bits per heavy atom. The SMILES string of the molecule is CCc1ccc(CC)c(C(Cl)Cc2ccc(Cl)cc2)c1. The first-order chi connectivity index (χ1) is 9.63. The lowest BCUT2D eigenvalue weighted by molar-refractivity contribution is 0.890. The molecule has 0 heterocycles. The minimum absolute atomic E-state index is 0.0117. The first kappa shape index (κ1) is 15.4. The smallest absolute Gasteiger partial charge is 0.0628 e. The molecule has 0 aliphatic rings. The zero-order valence-corrected chi connectivity index (χ0v) is 13.5. The van der Waals surface area contributed by atoms with Crippen molar-refractivity contribution in [1.29, 1.82) is 0 Å². The topological polar surface area (TPSA) is 0 Å². The van der Waals surface area contributed by atoms with Crippen molar-refractivity contribution in [2.75, 3.05) is 0 Å². The largest absolute Gasteiger partial charge is 0.117 e. The van der Waals surface area contributed by atoms with Crippen LogP contribution in [-0.4, -0.2) is 0 Å². The van der Waals surface area contributed by atoms with Crippen LogP contribution in [0.4, 0.5) is 0 Å². The molecule has 0 radical (unpaired) electrons. The van der Waals surface area contributed by atoms with Gasteiger partial charge in [-0.15, -0.1) is 11.6 Å². The summed E-state index contributed by atoms with van der Waals surface area (Å²) in [5.74, 6) is 0. The lowest BCUT2D eigenvalue weighted by atomic mass is 9.95. The lowest BCUT2D eigenvalue weighted by Gasteiger charge is -2.16. The molecule has 0 N–H and O–H groups in total. The minimum Gasteiger partial charge on any atom is -0.117 e. The van der Waals surface area contributed by atoms with Gasteiger partial charge in [0.1, 0.15) is 0 Å². The van der Waals surface area contributed by atoms with E-state index in [-0.39, 0.29) is 5.38 Å². The number of aryl methyl sites for hydroxylation is 2. The van der Waals surface area contributed by atoms with Gasteiger partial charge in [-0.2, -0.15) is 0 Å². The third-order valence-corrected chi connectivity index (χ3v) is 4.31. The van der Waals surface area contributed by atoms with Crippen LogP contribution in [0.3, 0.4) is 0 Å². The predicted octanol–water partition coefficient (Wildman–Crippen LogP) is 5.99. The van der Waals surface area contributed by atoms with Gasteiger partial charge in [0, 0.05) is 5.02 Å². The molecule has 0 aromatic heterocycles. The summed E-state index contributed by atoms with van der Waals surface area (Å²) in [6, 6.07) is 14.6. The van der Waals surface area contributed by atoms with Gasteiger partial charge in [0.2, 0.25) is 0 Å². The van der Waals surface area contributed by atoms with Crippen LogP contribution >= 0.6 is 23.2 Å². The van der Waals surface area contributed by atoms with Crippen molar-refractivity contribution >= 4 is 23.2 Å². The molecule has 0 nitrogen and oxygen atoms in total. The second-order valence-electron chi connectivity index (χ2n) is 5.04. The third kappa shape index (κ3) is 3.77. The molecule has 0 amide bonds. The molecule has 20 heavy (non-hydrogen) atoms. The van der Waals surface area contributed by atoms with Gasteiger partial charge in [0.05, 0.1) is 5.38 Å². The van der Waals surface area contributed by atoms with Crippen molar-refractivity contribution < 1.29 is 0 Å². The summed E-state index contributed by atoms with van der Waals surface area (Å²) in [7, 11) is 0. The Morgan fingerprint density at radius 1 is 0.900 bits per heavy atom. The lowest BCUT2D eigenvalue weighted by Crippen LogP contribution is -2.01. The number of hydrogen-bond donors (Lipinski definition) is 0. The number of rotatable bonds is 5. The molecule has 0 saturated carbocycles. The zero-order chi connectivity index (χ0) is 14.5. The highest BCUT2D eigenvalue weighted by Crippen LogP contribution is 2.29. The fraction of sp³-hybridized carbons (Fsp3) is 0.333. The summed E-state index contributed by atoms with van der Waals surface area (Å²) in [6.07, 6.45) is 2.89. The zero-order valence-electron chi connectivity index (χ0n) is 12.0. The summed E-state index contributed by atoms with van der Waals surface area (Å²) in [6.45, 7) is 4.35. The van der Waals surface area contributed by atoms with Crippen LogP contribution in [0.25, 0.3) is 0 Å². The Morgan fingerprint density at radius 3 is 2.15 bits per heavy atom. The molecule has 0 saturated heterocycles. The average molecular weight is 307 g/mol. The van der Waals surface area contributed by atoms with E-state index in [1.807, 2.05) is 24.3 Å². The number of alkyl halides is 1. The van der Waals surface area contributed by atoms with Crippen LogP contribution in [0, 0.1) is 0 Å². The van der Waals surface area contributed by atoms with Gasteiger partial charge < -0.3 is 0 Å². The molecule has 0 fully saturated rings. The summed E-state index contributed by atoms with van der Waals surface area (Å²) in [5, 5.41) is 0.778. The van der Waals surface area contributed by atoms with Gasteiger partial charge in [0.15, 0.2) is 0 Å². The molecule has 106 valence electrons. The van der Waals surface area contributed by atoms with Gasteiger partial charge in [-0.25, -0.2) is 0 Å². The summed E-state index contributed by atoms with van der Waals surface area (Å²) in [4.78, 5) is 0. The molecular formula is C18H20Cl2. The van der Waals surface area contributed by atoms with Crippen LogP contribution in [-0.2, 0) is 19.3 Å². The quantitative estimate of drug-likeness (QED) is 0.595. The number of halogens is 2. The van der Waals surface area contributed by atoms with Crippen LogP contribution in [0.2, 0.25) is 5.02 Å². The van der Waals surface area contributed by atoms with E-state index in [9.17, 15) is 0 Å². The standard InChI is InChI=1S/C18H20Cl2/c1-3-13-5-8-15(4-2)17(11-13)18(20)12-14-6-9-16(19)10-7-14/h5-11,18H,3-4,12H2,1-2H3. The van der Waals surface area contributed by atoms with Crippen molar-refractivity contribution in [2.45, 2.75) is 38.5 Å². The summed E-state index contributed by atoms with van der Waals surface area (Å²) < 4.78 is 0. The van der Waals surface area contributed by atoms with Crippen molar-refractivity contribution in [1.82, 2.24) is 0 Å². The fourth-order valence-electron chi connectivity index (χ4n) is 2.42. The Balaban J connectivity index is 2.23. The fourth-order valence-corrected chi connectivity index (χ4v) is 2.92. The van der Waals surface area contributed by atoms with Gasteiger partial charge >= 0.3 is 0 Å². The third-order valence-electron chi connectivity index (χ3n) is 3.67. The Kier molecular flexibility index (Phi) is 5.51. The van der Waals surface area contributed by atoms with Crippen LogP contribution in [0.15, 0.2) is 42.5 Å². The van der Waals surface area contributed by atoms with Crippen LogP contribution in [0.5, 0.6) is 0 Å². The first-order valence-electron chi connectivity index (χ1n) is 7.14. The van der Waals surface area contributed by atoms with Crippen molar-refractivity contribution in [3.63, 3.8) is 0 Å². The van der Waals surface area contributed by atoms with E-state index in [0.717, 1.165) is 24.3 Å². The summed E-state index contributed by atoms with van der Waals surface area (Å²) >= 11 is 12.6. The molecule has 0 bridgehead atoms. The van der Waals surface area contributed by atoms with Gasteiger partial charge in [-0.1, -0.05) is 55.8 Å². The molecule has 2 aromatic rings. The van der Waals surface area contributed by atoms with Gasteiger partial charge in [-0.05, 0) is 53.6 Å². The molecule has 0 aliphatic carbocycles. The number of hydrogen-bond acceptors (Lipinski definition) is 0. The maximum atomic E-state index is 6.66. The van der Waals surface area contributed by atoms with E-state index in [0.29, 0.717) is 0 Å². The molecule has 1 atom stereocenters.